The molecule has 0 spiro atoms. The highest BCUT2D eigenvalue weighted by Crippen LogP contribution is 2.41. The van der Waals surface area contributed by atoms with Crippen LogP contribution in [0.2, 0.25) is 0 Å². The number of hydrogen-bond donors (Lipinski definition) is 0. The number of halogens is 1. The lowest BCUT2D eigenvalue weighted by molar-refractivity contribution is 0.0889. The molecule has 1 aliphatic carbocycles. The number of rotatable bonds is 3. The highest BCUT2D eigenvalue weighted by atomic mass is 79.9. The Hall–Kier alpha value is -2.14. The Balaban J connectivity index is 2.14. The first-order valence-corrected chi connectivity index (χ1v) is 7.46. The van der Waals surface area contributed by atoms with Gasteiger partial charge in [-0.1, -0.05) is 40.2 Å². The summed E-state index contributed by atoms with van der Waals surface area (Å²) in [6.07, 6.45) is 0. The van der Waals surface area contributed by atoms with E-state index < -0.39 is 5.92 Å². The van der Waals surface area contributed by atoms with Crippen molar-refractivity contribution in [3.05, 3.63) is 57.6 Å². The van der Waals surface area contributed by atoms with Crippen LogP contribution in [-0.4, -0.2) is 25.8 Å². The molecule has 0 unspecified atom stereocenters. The van der Waals surface area contributed by atoms with Crippen molar-refractivity contribution < 1.29 is 19.1 Å². The van der Waals surface area contributed by atoms with Crippen LogP contribution in [-0.2, 0) is 0 Å². The summed E-state index contributed by atoms with van der Waals surface area (Å²) in [5, 5.41) is 0. The fourth-order valence-electron chi connectivity index (χ4n) is 2.72. The van der Waals surface area contributed by atoms with Crippen LogP contribution in [0, 0.1) is 0 Å². The molecule has 3 rings (SSSR count). The van der Waals surface area contributed by atoms with Crippen molar-refractivity contribution >= 4 is 27.5 Å². The zero-order valence-electron chi connectivity index (χ0n) is 12.1. The monoisotopic (exact) mass is 360 g/mol. The highest BCUT2D eigenvalue weighted by molar-refractivity contribution is 9.10. The molecule has 0 heterocycles. The number of benzene rings is 2. The van der Waals surface area contributed by atoms with E-state index in [0.717, 1.165) is 0 Å². The van der Waals surface area contributed by atoms with Gasteiger partial charge in [-0.2, -0.15) is 0 Å². The first kappa shape index (κ1) is 14.8. The number of carbonyl (C=O) groups is 2. The fourth-order valence-corrected chi connectivity index (χ4v) is 3.27. The van der Waals surface area contributed by atoms with Gasteiger partial charge in [0.25, 0.3) is 0 Å². The van der Waals surface area contributed by atoms with E-state index in [0.29, 0.717) is 32.7 Å². The summed E-state index contributed by atoms with van der Waals surface area (Å²) in [6, 6.07) is 10.3. The SMILES string of the molecule is COc1cc(Br)c(C2C(=O)c3ccccc3C2=O)cc1OC. The predicted molar refractivity (Wildman–Crippen MR) is 85.1 cm³/mol. The first-order chi connectivity index (χ1) is 10.6. The molecule has 22 heavy (non-hydrogen) atoms. The van der Waals surface area contributed by atoms with E-state index in [1.807, 2.05) is 0 Å². The number of Topliss-reactive ketones (excluding diaryl/α,β-unsaturated/α-hetero) is 2. The van der Waals surface area contributed by atoms with Crippen molar-refractivity contribution in [1.82, 2.24) is 0 Å². The minimum Gasteiger partial charge on any atom is -0.493 e. The lowest BCUT2D eigenvalue weighted by atomic mass is 9.94. The molecular weight excluding hydrogens is 348 g/mol. The summed E-state index contributed by atoms with van der Waals surface area (Å²) in [6.45, 7) is 0. The van der Waals surface area contributed by atoms with Gasteiger partial charge >= 0.3 is 0 Å². The second-order valence-electron chi connectivity index (χ2n) is 4.94. The topological polar surface area (TPSA) is 52.6 Å². The smallest absolute Gasteiger partial charge is 0.178 e. The molecule has 0 fully saturated rings. The van der Waals surface area contributed by atoms with E-state index in [1.54, 1.807) is 36.4 Å². The average molecular weight is 361 g/mol. The molecule has 0 saturated carbocycles. The van der Waals surface area contributed by atoms with Crippen LogP contribution < -0.4 is 9.47 Å². The zero-order chi connectivity index (χ0) is 15.9. The number of methoxy groups -OCH3 is 2. The Bertz CT molecular complexity index is 747. The van der Waals surface area contributed by atoms with Gasteiger partial charge in [0.2, 0.25) is 0 Å². The summed E-state index contributed by atoms with van der Waals surface area (Å²) in [5.74, 6) is -0.195. The van der Waals surface area contributed by atoms with Crippen LogP contribution in [0.5, 0.6) is 11.5 Å². The van der Waals surface area contributed by atoms with Gasteiger partial charge in [0.15, 0.2) is 23.1 Å². The molecule has 0 amide bonds. The van der Waals surface area contributed by atoms with Crippen LogP contribution in [0.15, 0.2) is 40.9 Å². The highest BCUT2D eigenvalue weighted by Gasteiger charge is 2.40. The van der Waals surface area contributed by atoms with E-state index in [9.17, 15) is 9.59 Å². The molecule has 0 bridgehead atoms. The van der Waals surface area contributed by atoms with Gasteiger partial charge in [-0.05, 0) is 17.7 Å². The van der Waals surface area contributed by atoms with Crippen molar-refractivity contribution in [1.29, 1.82) is 0 Å². The van der Waals surface area contributed by atoms with Crippen LogP contribution in [0.3, 0.4) is 0 Å². The Morgan fingerprint density at radius 3 is 1.91 bits per heavy atom. The maximum atomic E-state index is 12.6. The lowest BCUT2D eigenvalue weighted by Gasteiger charge is -2.14. The van der Waals surface area contributed by atoms with Crippen molar-refractivity contribution in [2.45, 2.75) is 5.92 Å². The minimum atomic E-state index is -0.841. The van der Waals surface area contributed by atoms with E-state index in [1.165, 1.54) is 14.2 Å². The van der Waals surface area contributed by atoms with Crippen LogP contribution >= 0.6 is 15.9 Å². The molecule has 2 aromatic rings. The van der Waals surface area contributed by atoms with Gasteiger partial charge in [-0.15, -0.1) is 0 Å². The molecular formula is C17H13BrO4. The third-order valence-corrected chi connectivity index (χ3v) is 4.48. The first-order valence-electron chi connectivity index (χ1n) is 6.67. The average Bonchev–Trinajstić information content (AvgIpc) is 2.79. The summed E-state index contributed by atoms with van der Waals surface area (Å²) in [5.41, 5.74) is 1.53. The Labute approximate surface area is 136 Å². The van der Waals surface area contributed by atoms with Gasteiger partial charge in [-0.3, -0.25) is 9.59 Å². The third-order valence-electron chi connectivity index (χ3n) is 3.80. The maximum Gasteiger partial charge on any atom is 0.178 e. The number of hydrogen-bond acceptors (Lipinski definition) is 4. The van der Waals surface area contributed by atoms with Crippen molar-refractivity contribution in [2.24, 2.45) is 0 Å². The molecule has 0 aromatic heterocycles. The van der Waals surface area contributed by atoms with Gasteiger partial charge in [0.1, 0.15) is 5.92 Å². The number of fused-ring (bicyclic) bond motifs is 1. The molecule has 0 radical (unpaired) electrons. The van der Waals surface area contributed by atoms with Crippen molar-refractivity contribution in [2.75, 3.05) is 14.2 Å². The third kappa shape index (κ3) is 2.13. The second-order valence-corrected chi connectivity index (χ2v) is 5.79. The maximum absolute atomic E-state index is 12.6. The molecule has 112 valence electrons. The van der Waals surface area contributed by atoms with Gasteiger partial charge in [0, 0.05) is 15.6 Å². The summed E-state index contributed by atoms with van der Waals surface area (Å²) >= 11 is 3.42. The summed E-state index contributed by atoms with van der Waals surface area (Å²) in [4.78, 5) is 25.2. The number of carbonyl (C=O) groups excluding carboxylic acids is 2. The molecule has 2 aromatic carbocycles. The quantitative estimate of drug-likeness (QED) is 0.784. The lowest BCUT2D eigenvalue weighted by Crippen LogP contribution is -2.13. The van der Waals surface area contributed by atoms with E-state index in [-0.39, 0.29) is 11.6 Å². The number of ketones is 2. The molecule has 1 aliphatic rings. The fraction of sp³-hybridized carbons (Fsp3) is 0.176. The normalized spacial score (nSPS) is 14.1. The summed E-state index contributed by atoms with van der Waals surface area (Å²) < 4.78 is 11.1. The molecule has 0 saturated heterocycles. The van der Waals surface area contributed by atoms with Gasteiger partial charge < -0.3 is 9.47 Å². The van der Waals surface area contributed by atoms with Crippen LogP contribution in [0.25, 0.3) is 0 Å². The Morgan fingerprint density at radius 2 is 1.41 bits per heavy atom. The van der Waals surface area contributed by atoms with E-state index in [4.69, 9.17) is 9.47 Å². The van der Waals surface area contributed by atoms with Gasteiger partial charge in [-0.25, -0.2) is 0 Å². The Morgan fingerprint density at radius 1 is 0.909 bits per heavy atom. The molecule has 4 nitrogen and oxygen atoms in total. The standard InChI is InChI=1S/C17H13BrO4/c1-21-13-7-11(12(18)8-14(13)22-2)15-16(19)9-5-3-4-6-10(9)17(15)20/h3-8,15H,1-2H3. The van der Waals surface area contributed by atoms with Gasteiger partial charge in [0.05, 0.1) is 14.2 Å². The largest absolute Gasteiger partial charge is 0.493 e. The van der Waals surface area contributed by atoms with Crippen LogP contribution in [0.1, 0.15) is 32.2 Å². The second kappa shape index (κ2) is 5.57. The van der Waals surface area contributed by atoms with Crippen molar-refractivity contribution in [3.63, 3.8) is 0 Å². The minimum absolute atomic E-state index is 0.187. The van der Waals surface area contributed by atoms with E-state index in [2.05, 4.69) is 15.9 Å². The van der Waals surface area contributed by atoms with E-state index >= 15 is 0 Å². The molecule has 5 heteroatoms. The Kier molecular flexibility index (Phi) is 3.74. The summed E-state index contributed by atoms with van der Waals surface area (Å²) in [7, 11) is 3.05. The van der Waals surface area contributed by atoms with Crippen molar-refractivity contribution in [3.8, 4) is 11.5 Å². The number of ether oxygens (including phenoxy) is 2. The molecule has 0 atom stereocenters. The van der Waals surface area contributed by atoms with Crippen LogP contribution in [0.4, 0.5) is 0 Å². The molecule has 0 N–H and O–H groups in total. The molecule has 0 aliphatic heterocycles. The zero-order valence-corrected chi connectivity index (χ0v) is 13.6. The predicted octanol–water partition coefficient (Wildman–Crippen LogP) is 3.63.